The van der Waals surface area contributed by atoms with Crippen LogP contribution in [0.15, 0.2) is 36.4 Å². The van der Waals surface area contributed by atoms with Crippen LogP contribution in [0.4, 0.5) is 5.69 Å². The number of carbonyl (C=O) groups is 1. The van der Waals surface area contributed by atoms with Crippen LogP contribution in [0, 0.1) is 23.7 Å². The van der Waals surface area contributed by atoms with E-state index in [-0.39, 0.29) is 29.9 Å². The van der Waals surface area contributed by atoms with E-state index >= 15 is 0 Å². The van der Waals surface area contributed by atoms with Gasteiger partial charge in [-0.05, 0) is 118 Å². The number of hydrogen-bond donors (Lipinski definition) is 1. The van der Waals surface area contributed by atoms with Gasteiger partial charge in [0.2, 0.25) is 10.0 Å². The molecule has 1 N–H and O–H groups in total. The number of hydrogen-bond acceptors (Lipinski definition) is 8. The molecular weight excluding hydrogens is 638 g/mol. The molecule has 47 heavy (non-hydrogen) atoms. The van der Waals surface area contributed by atoms with Crippen LogP contribution in [0.1, 0.15) is 73.4 Å². The van der Waals surface area contributed by atoms with E-state index in [9.17, 15) is 13.2 Å². The number of carbonyl (C=O) groups excluding carboxylic acids is 1. The van der Waals surface area contributed by atoms with Crippen LogP contribution in [-0.2, 0) is 32.5 Å². The Hall–Kier alpha value is -2.37. The first-order valence-corrected chi connectivity index (χ1v) is 19.3. The third-order valence-electron chi connectivity index (χ3n) is 10.7. The van der Waals surface area contributed by atoms with Crippen molar-refractivity contribution in [2.24, 2.45) is 23.7 Å². The Bertz CT molecular complexity index is 1510. The van der Waals surface area contributed by atoms with E-state index in [1.54, 1.807) is 6.07 Å². The Morgan fingerprint density at radius 1 is 0.936 bits per heavy atom. The minimum atomic E-state index is -3.82. The molecule has 1 saturated heterocycles. The molecular formula is C36H50ClN3O6S. The third kappa shape index (κ3) is 8.44. The minimum absolute atomic E-state index is 0.0913. The summed E-state index contributed by atoms with van der Waals surface area (Å²) < 4.78 is 47.9. The topological polar surface area (TPSA) is 97.4 Å². The molecule has 3 heterocycles. The number of anilines is 1. The van der Waals surface area contributed by atoms with E-state index in [1.165, 1.54) is 5.56 Å². The number of rotatable bonds is 2. The fourth-order valence-electron chi connectivity index (χ4n) is 7.75. The van der Waals surface area contributed by atoms with Crippen LogP contribution >= 0.6 is 11.6 Å². The molecule has 6 rings (SSSR count). The van der Waals surface area contributed by atoms with Crippen molar-refractivity contribution in [2.45, 2.75) is 77.2 Å². The fraction of sp³-hybridized carbons (Fsp3) is 0.639. The summed E-state index contributed by atoms with van der Waals surface area (Å²) in [5, 5.41) is 0.721. The quantitative estimate of drug-likeness (QED) is 0.418. The first kappa shape index (κ1) is 34.5. The number of halogens is 1. The molecule has 1 amide bonds. The molecule has 4 aliphatic rings. The van der Waals surface area contributed by atoms with Gasteiger partial charge in [-0.2, -0.15) is 0 Å². The number of nitrogens with zero attached hydrogens (tertiary/aromatic N) is 2. The highest BCUT2D eigenvalue weighted by molar-refractivity contribution is 7.90. The molecule has 2 aromatic carbocycles. The van der Waals surface area contributed by atoms with Gasteiger partial charge in [0.05, 0.1) is 30.7 Å². The zero-order valence-corrected chi connectivity index (χ0v) is 29.5. The lowest BCUT2D eigenvalue weighted by Gasteiger charge is -2.48. The van der Waals surface area contributed by atoms with Crippen molar-refractivity contribution < 1.29 is 27.4 Å². The van der Waals surface area contributed by atoms with E-state index in [2.05, 4.69) is 28.6 Å². The van der Waals surface area contributed by atoms with Crippen LogP contribution in [0.2, 0.25) is 5.02 Å². The van der Waals surface area contributed by atoms with Gasteiger partial charge in [0.1, 0.15) is 12.4 Å². The summed E-state index contributed by atoms with van der Waals surface area (Å²) >= 11 is 6.36. The van der Waals surface area contributed by atoms with E-state index in [0.29, 0.717) is 43.0 Å². The van der Waals surface area contributed by atoms with Gasteiger partial charge in [-0.15, -0.1) is 0 Å². The average molecular weight is 688 g/mol. The van der Waals surface area contributed by atoms with E-state index < -0.39 is 15.9 Å². The molecule has 1 aliphatic carbocycles. The first-order valence-electron chi connectivity index (χ1n) is 17.3. The molecule has 0 spiro atoms. The molecule has 11 heteroatoms. The molecule has 0 aromatic heterocycles. The second-order valence-electron chi connectivity index (χ2n) is 14.4. The van der Waals surface area contributed by atoms with Gasteiger partial charge in [-0.1, -0.05) is 31.0 Å². The fourth-order valence-corrected chi connectivity index (χ4v) is 9.35. The predicted molar refractivity (Wildman–Crippen MR) is 185 cm³/mol. The van der Waals surface area contributed by atoms with Crippen molar-refractivity contribution in [1.82, 2.24) is 9.62 Å². The Morgan fingerprint density at radius 3 is 2.49 bits per heavy atom. The standard InChI is InChI=1S/C36H50ClN3O6S/c1-24-7-6-9-32(36-45-21-30(22-46-36)39(2)3)31-14-11-27(31)19-40-16-5-4-8-25-17-29(37)13-10-28(25)20-44-34-15-12-26(18-33(34)40)35(41)38-47(42,43)23-24/h10,12-13,15,17-18,24,27,30-32,36H,4-9,11,14,16,19-23H2,1-3H3,(H,38,41)/t24-,27-,30-,31+,32+,36+/m0/s1. The second-order valence-corrected chi connectivity index (χ2v) is 16.6. The van der Waals surface area contributed by atoms with Crippen LogP contribution in [-0.4, -0.2) is 77.7 Å². The van der Waals surface area contributed by atoms with Crippen LogP contribution in [0.5, 0.6) is 5.75 Å². The first-order chi connectivity index (χ1) is 22.6. The molecule has 2 fully saturated rings. The zero-order chi connectivity index (χ0) is 33.1. The molecule has 2 bridgehead atoms. The summed E-state index contributed by atoms with van der Waals surface area (Å²) in [5.74, 6) is 0.998. The molecule has 0 unspecified atom stereocenters. The Balaban J connectivity index is 1.33. The molecule has 3 aliphatic heterocycles. The molecule has 1 saturated carbocycles. The molecule has 0 radical (unpaired) electrons. The number of likely N-dealkylation sites (N-methyl/N-ethyl adjacent to an activating group) is 1. The predicted octanol–water partition coefficient (Wildman–Crippen LogP) is 5.89. The lowest BCUT2D eigenvalue weighted by Crippen LogP contribution is -2.50. The molecule has 4 atom stereocenters. The lowest BCUT2D eigenvalue weighted by atomic mass is 9.65. The van der Waals surface area contributed by atoms with Gasteiger partial charge in [0, 0.05) is 29.6 Å². The van der Waals surface area contributed by atoms with Crippen molar-refractivity contribution >= 4 is 33.2 Å². The van der Waals surface area contributed by atoms with Crippen LogP contribution < -0.4 is 14.4 Å². The Morgan fingerprint density at radius 2 is 1.74 bits per heavy atom. The van der Waals surface area contributed by atoms with Gasteiger partial charge >= 0.3 is 0 Å². The van der Waals surface area contributed by atoms with Gasteiger partial charge in [0.15, 0.2) is 6.29 Å². The number of aryl methyl sites for hydroxylation is 1. The SMILES string of the molecule is C[C@H]1CCC[C@@H]([C@H]2OC[C@@H](N(C)C)CO2)[C@@H]2CC[C@H]2CN2CCCCc3cc(Cl)ccc3COc3ccc(cc32)C(=O)NS(=O)(=O)C1. The van der Waals surface area contributed by atoms with E-state index in [0.717, 1.165) is 80.7 Å². The number of sulfonamides is 1. The number of nitrogens with one attached hydrogen (secondary N) is 1. The Kier molecular flexibility index (Phi) is 11.0. The van der Waals surface area contributed by atoms with Crippen molar-refractivity contribution in [1.29, 1.82) is 0 Å². The van der Waals surface area contributed by atoms with Gasteiger partial charge in [-0.3, -0.25) is 4.79 Å². The van der Waals surface area contributed by atoms with Crippen molar-refractivity contribution in [3.8, 4) is 5.75 Å². The summed E-state index contributed by atoms with van der Waals surface area (Å²) in [6.45, 7) is 5.24. The van der Waals surface area contributed by atoms with Crippen molar-refractivity contribution in [3.05, 3.63) is 58.1 Å². The highest BCUT2D eigenvalue weighted by atomic mass is 35.5. The minimum Gasteiger partial charge on any atom is -0.487 e. The zero-order valence-electron chi connectivity index (χ0n) is 28.0. The van der Waals surface area contributed by atoms with Crippen molar-refractivity contribution in [2.75, 3.05) is 51.1 Å². The number of amides is 1. The summed E-state index contributed by atoms with van der Waals surface area (Å²) in [4.78, 5) is 17.9. The lowest BCUT2D eigenvalue weighted by molar-refractivity contribution is -0.240. The summed E-state index contributed by atoms with van der Waals surface area (Å²) in [5.41, 5.74) is 3.43. The normalized spacial score (nSPS) is 30.5. The molecule has 9 nitrogen and oxygen atoms in total. The monoisotopic (exact) mass is 687 g/mol. The van der Waals surface area contributed by atoms with Crippen LogP contribution in [0.25, 0.3) is 0 Å². The number of fused-ring (bicyclic) bond motifs is 3. The molecule has 258 valence electrons. The number of benzene rings is 2. The maximum Gasteiger partial charge on any atom is 0.264 e. The van der Waals surface area contributed by atoms with Crippen molar-refractivity contribution in [3.63, 3.8) is 0 Å². The largest absolute Gasteiger partial charge is 0.487 e. The number of ether oxygens (including phenoxy) is 3. The van der Waals surface area contributed by atoms with Gasteiger partial charge in [-0.25, -0.2) is 13.1 Å². The maximum absolute atomic E-state index is 13.4. The molecule has 2 aromatic rings. The summed E-state index contributed by atoms with van der Waals surface area (Å²) in [6, 6.07) is 11.5. The van der Waals surface area contributed by atoms with Crippen LogP contribution in [0.3, 0.4) is 0 Å². The highest BCUT2D eigenvalue weighted by Crippen LogP contribution is 2.46. The van der Waals surface area contributed by atoms with E-state index in [1.807, 2.05) is 37.3 Å². The Labute approximate surface area is 285 Å². The smallest absolute Gasteiger partial charge is 0.264 e. The second kappa shape index (κ2) is 15.0. The van der Waals surface area contributed by atoms with Gasteiger partial charge in [0.25, 0.3) is 5.91 Å². The maximum atomic E-state index is 13.4. The highest BCUT2D eigenvalue weighted by Gasteiger charge is 2.43. The summed E-state index contributed by atoms with van der Waals surface area (Å²) in [6.07, 6.45) is 7.39. The third-order valence-corrected chi connectivity index (χ3v) is 12.4. The summed E-state index contributed by atoms with van der Waals surface area (Å²) in [7, 11) is 0.289. The van der Waals surface area contributed by atoms with E-state index in [4.69, 9.17) is 25.8 Å². The average Bonchev–Trinajstić information content (AvgIpc) is 3.04. The van der Waals surface area contributed by atoms with Gasteiger partial charge < -0.3 is 24.0 Å².